The molecule has 2 aromatic carbocycles. The highest BCUT2D eigenvalue weighted by Gasteiger charge is 2.43. The third kappa shape index (κ3) is 2.81. The summed E-state index contributed by atoms with van der Waals surface area (Å²) in [4.78, 5) is 5.10. The van der Waals surface area contributed by atoms with E-state index in [9.17, 15) is 0 Å². The fourth-order valence-electron chi connectivity index (χ4n) is 3.82. The van der Waals surface area contributed by atoms with E-state index in [4.69, 9.17) is 11.6 Å². The molecule has 2 nitrogen and oxygen atoms in total. The highest BCUT2D eigenvalue weighted by molar-refractivity contribution is 7.99. The molecule has 0 saturated carbocycles. The molecule has 2 heterocycles. The number of benzene rings is 2. The van der Waals surface area contributed by atoms with Crippen LogP contribution < -0.4 is 9.80 Å². The summed E-state index contributed by atoms with van der Waals surface area (Å²) in [6.45, 7) is 5.31. The zero-order valence-corrected chi connectivity index (χ0v) is 15.1. The van der Waals surface area contributed by atoms with Crippen LogP contribution in [0, 0.1) is 13.8 Å². The van der Waals surface area contributed by atoms with E-state index in [1.165, 1.54) is 34.0 Å². The number of rotatable bonds is 2. The molecule has 0 aliphatic carbocycles. The summed E-state index contributed by atoms with van der Waals surface area (Å²) in [6.07, 6.45) is 0. The Bertz CT molecular complexity index is 713. The van der Waals surface area contributed by atoms with E-state index in [1.807, 2.05) is 12.1 Å². The van der Waals surface area contributed by atoms with Crippen molar-refractivity contribution in [2.45, 2.75) is 25.9 Å². The van der Waals surface area contributed by atoms with Crippen molar-refractivity contribution in [3.05, 3.63) is 58.6 Å². The monoisotopic (exact) mass is 344 g/mol. The first-order valence-electron chi connectivity index (χ1n) is 8.07. The van der Waals surface area contributed by atoms with Crippen LogP contribution in [0.5, 0.6) is 0 Å². The molecule has 0 radical (unpaired) electrons. The minimum atomic E-state index is 0.569. The van der Waals surface area contributed by atoms with Gasteiger partial charge in [-0.2, -0.15) is 11.8 Å². The van der Waals surface area contributed by atoms with Crippen LogP contribution >= 0.6 is 23.4 Å². The minimum absolute atomic E-state index is 0.569. The summed E-state index contributed by atoms with van der Waals surface area (Å²) in [5.74, 6) is 2.40. The van der Waals surface area contributed by atoms with Crippen LogP contribution in [0.1, 0.15) is 11.1 Å². The second-order valence-corrected chi connectivity index (χ2v) is 8.09. The molecule has 0 bridgehead atoms. The third-order valence-electron chi connectivity index (χ3n) is 4.80. The predicted octanol–water partition coefficient (Wildman–Crippen LogP) is 4.72. The first-order valence-corrected chi connectivity index (χ1v) is 9.60. The Morgan fingerprint density at radius 1 is 0.913 bits per heavy atom. The third-order valence-corrected chi connectivity index (χ3v) is 6.19. The molecule has 23 heavy (non-hydrogen) atoms. The number of hydrogen-bond acceptors (Lipinski definition) is 3. The molecular weight excluding hydrogens is 324 g/mol. The first kappa shape index (κ1) is 15.2. The Kier molecular flexibility index (Phi) is 3.94. The van der Waals surface area contributed by atoms with E-state index in [2.05, 4.69) is 65.7 Å². The number of nitrogens with zero attached hydrogens (tertiary/aromatic N) is 2. The lowest BCUT2D eigenvalue weighted by Crippen LogP contribution is -2.36. The number of hydrogen-bond donors (Lipinski definition) is 0. The Labute approximate surface area is 147 Å². The fourth-order valence-corrected chi connectivity index (χ4v) is 5.43. The number of anilines is 2. The van der Waals surface area contributed by atoms with Gasteiger partial charge in [0.25, 0.3) is 0 Å². The normalized spacial score (nSPS) is 23.4. The molecule has 120 valence electrons. The maximum absolute atomic E-state index is 6.22. The maximum Gasteiger partial charge on any atom is 0.0911 e. The molecule has 0 amide bonds. The van der Waals surface area contributed by atoms with E-state index >= 15 is 0 Å². The quantitative estimate of drug-likeness (QED) is 0.778. The van der Waals surface area contributed by atoms with Gasteiger partial charge in [0.2, 0.25) is 0 Å². The molecule has 4 rings (SSSR count). The highest BCUT2D eigenvalue weighted by Crippen LogP contribution is 2.39. The van der Waals surface area contributed by atoms with Crippen LogP contribution in [-0.2, 0) is 0 Å². The summed E-state index contributed by atoms with van der Waals surface area (Å²) in [7, 11) is 0. The smallest absolute Gasteiger partial charge is 0.0911 e. The zero-order chi connectivity index (χ0) is 16.0. The van der Waals surface area contributed by atoms with Gasteiger partial charge in [0, 0.05) is 27.9 Å². The number of thioether (sulfide) groups is 1. The maximum atomic E-state index is 6.22. The van der Waals surface area contributed by atoms with Gasteiger partial charge in [0.05, 0.1) is 18.8 Å². The lowest BCUT2D eigenvalue weighted by Gasteiger charge is -2.25. The first-order chi connectivity index (χ1) is 11.1. The largest absolute Gasteiger partial charge is 0.348 e. The van der Waals surface area contributed by atoms with Crippen LogP contribution in [0.3, 0.4) is 0 Å². The van der Waals surface area contributed by atoms with Crippen LogP contribution in [0.15, 0.2) is 42.5 Å². The van der Waals surface area contributed by atoms with Gasteiger partial charge in [-0.3, -0.25) is 0 Å². The van der Waals surface area contributed by atoms with Gasteiger partial charge in [-0.1, -0.05) is 23.7 Å². The topological polar surface area (TPSA) is 6.48 Å². The molecule has 4 heteroatoms. The molecule has 2 atom stereocenters. The van der Waals surface area contributed by atoms with Crippen molar-refractivity contribution in [2.75, 3.05) is 28.0 Å². The second-order valence-electron chi connectivity index (χ2n) is 6.58. The molecule has 2 aliphatic rings. The molecule has 2 aromatic rings. The summed E-state index contributed by atoms with van der Waals surface area (Å²) in [5, 5.41) is 0.814. The SMILES string of the molecule is Cc1cc(C)cc(N2CN(c3cccc(Cl)c3)C3CSCC32)c1. The fraction of sp³-hybridized carbons (Fsp3) is 0.368. The Morgan fingerprint density at radius 2 is 1.57 bits per heavy atom. The van der Waals surface area contributed by atoms with Gasteiger partial charge in [0.15, 0.2) is 0 Å². The van der Waals surface area contributed by atoms with Crippen molar-refractivity contribution in [3.63, 3.8) is 0 Å². The summed E-state index contributed by atoms with van der Waals surface area (Å²) in [5.41, 5.74) is 5.26. The van der Waals surface area contributed by atoms with Crippen LogP contribution in [-0.4, -0.2) is 30.3 Å². The predicted molar refractivity (Wildman–Crippen MR) is 102 cm³/mol. The van der Waals surface area contributed by atoms with E-state index in [0.717, 1.165) is 11.7 Å². The summed E-state index contributed by atoms with van der Waals surface area (Å²) in [6, 6.07) is 16.3. The van der Waals surface area contributed by atoms with Crippen molar-refractivity contribution in [1.29, 1.82) is 0 Å². The van der Waals surface area contributed by atoms with E-state index < -0.39 is 0 Å². The van der Waals surface area contributed by atoms with E-state index in [-0.39, 0.29) is 0 Å². The Hall–Kier alpha value is -1.32. The molecule has 2 unspecified atom stereocenters. The van der Waals surface area contributed by atoms with Crippen molar-refractivity contribution in [3.8, 4) is 0 Å². The summed E-state index contributed by atoms with van der Waals surface area (Å²) < 4.78 is 0. The molecule has 2 saturated heterocycles. The lowest BCUT2D eigenvalue weighted by molar-refractivity contribution is 0.686. The molecule has 0 aromatic heterocycles. The zero-order valence-electron chi connectivity index (χ0n) is 13.5. The van der Waals surface area contributed by atoms with Gasteiger partial charge >= 0.3 is 0 Å². The van der Waals surface area contributed by atoms with Crippen molar-refractivity contribution < 1.29 is 0 Å². The molecule has 2 fully saturated rings. The van der Waals surface area contributed by atoms with Crippen molar-refractivity contribution in [2.24, 2.45) is 0 Å². The standard InChI is InChI=1S/C19H21ClN2S/c1-13-6-14(2)8-17(7-13)22-12-21(18-10-23-11-19(18)22)16-5-3-4-15(20)9-16/h3-9,18-19H,10-12H2,1-2H3. The van der Waals surface area contributed by atoms with Gasteiger partial charge in [-0.15, -0.1) is 0 Å². The number of fused-ring (bicyclic) bond motifs is 1. The molecular formula is C19H21ClN2S. The summed E-state index contributed by atoms with van der Waals surface area (Å²) >= 11 is 8.27. The van der Waals surface area contributed by atoms with Crippen LogP contribution in [0.4, 0.5) is 11.4 Å². The van der Waals surface area contributed by atoms with E-state index in [1.54, 1.807) is 0 Å². The molecule has 2 aliphatic heterocycles. The highest BCUT2D eigenvalue weighted by atomic mass is 35.5. The number of halogens is 1. The second kappa shape index (κ2) is 5.95. The van der Waals surface area contributed by atoms with Gasteiger partial charge in [-0.25, -0.2) is 0 Å². The molecule has 0 spiro atoms. The number of aryl methyl sites for hydroxylation is 2. The lowest BCUT2D eigenvalue weighted by atomic mass is 10.1. The van der Waals surface area contributed by atoms with Crippen molar-refractivity contribution >= 4 is 34.7 Å². The van der Waals surface area contributed by atoms with Crippen molar-refractivity contribution in [1.82, 2.24) is 0 Å². The average Bonchev–Trinajstić information content (AvgIpc) is 3.07. The van der Waals surface area contributed by atoms with Gasteiger partial charge in [-0.05, 0) is 55.3 Å². The van der Waals surface area contributed by atoms with Gasteiger partial charge < -0.3 is 9.80 Å². The van der Waals surface area contributed by atoms with Crippen LogP contribution in [0.2, 0.25) is 5.02 Å². The van der Waals surface area contributed by atoms with Crippen LogP contribution in [0.25, 0.3) is 0 Å². The van der Waals surface area contributed by atoms with Gasteiger partial charge in [0.1, 0.15) is 0 Å². The molecule has 0 N–H and O–H groups in total. The average molecular weight is 345 g/mol. The van der Waals surface area contributed by atoms with E-state index in [0.29, 0.717) is 12.1 Å². The Balaban J connectivity index is 1.70. The minimum Gasteiger partial charge on any atom is -0.348 e. The Morgan fingerprint density at radius 3 is 2.22 bits per heavy atom.